The minimum Gasteiger partial charge on any atom is -0.103 e. The SMILES string of the molecule is C=CCCCC(CCCCC)CCCCCCCC. The van der Waals surface area contributed by atoms with Crippen LogP contribution in [0, 0.1) is 5.92 Å². The highest BCUT2D eigenvalue weighted by atomic mass is 14.1. The van der Waals surface area contributed by atoms with E-state index in [4.69, 9.17) is 0 Å². The van der Waals surface area contributed by atoms with Gasteiger partial charge in [-0.3, -0.25) is 0 Å². The lowest BCUT2D eigenvalue weighted by atomic mass is 9.90. The summed E-state index contributed by atoms with van der Waals surface area (Å²) in [6, 6.07) is 0. The summed E-state index contributed by atoms with van der Waals surface area (Å²) in [4.78, 5) is 0. The molecule has 0 nitrogen and oxygen atoms in total. The van der Waals surface area contributed by atoms with E-state index in [0.717, 1.165) is 5.92 Å². The Labute approximate surface area is 123 Å². The van der Waals surface area contributed by atoms with E-state index in [0.29, 0.717) is 0 Å². The lowest BCUT2D eigenvalue weighted by molar-refractivity contribution is 0.375. The van der Waals surface area contributed by atoms with Gasteiger partial charge in [0.05, 0.1) is 0 Å². The lowest BCUT2D eigenvalue weighted by Crippen LogP contribution is -2.01. The number of unbranched alkanes of at least 4 members (excludes halogenated alkanes) is 8. The first-order chi connectivity index (χ1) is 9.35. The van der Waals surface area contributed by atoms with Crippen molar-refractivity contribution in [3.05, 3.63) is 12.7 Å². The fraction of sp³-hybridized carbons (Fsp3) is 0.895. The molecule has 0 bridgehead atoms. The predicted molar refractivity (Wildman–Crippen MR) is 89.7 cm³/mol. The van der Waals surface area contributed by atoms with E-state index in [9.17, 15) is 0 Å². The van der Waals surface area contributed by atoms with Crippen molar-refractivity contribution in [3.63, 3.8) is 0 Å². The molecule has 0 saturated carbocycles. The first kappa shape index (κ1) is 18.7. The van der Waals surface area contributed by atoms with Gasteiger partial charge in [-0.25, -0.2) is 0 Å². The van der Waals surface area contributed by atoms with Crippen molar-refractivity contribution in [1.29, 1.82) is 0 Å². The van der Waals surface area contributed by atoms with Gasteiger partial charge >= 0.3 is 0 Å². The van der Waals surface area contributed by atoms with E-state index in [-0.39, 0.29) is 0 Å². The molecule has 0 aliphatic heterocycles. The molecule has 0 aromatic rings. The summed E-state index contributed by atoms with van der Waals surface area (Å²) >= 11 is 0. The van der Waals surface area contributed by atoms with Crippen LogP contribution in [0.15, 0.2) is 12.7 Å². The van der Waals surface area contributed by atoms with Crippen molar-refractivity contribution in [2.75, 3.05) is 0 Å². The molecule has 19 heavy (non-hydrogen) atoms. The molecule has 0 fully saturated rings. The van der Waals surface area contributed by atoms with Crippen LogP contribution >= 0.6 is 0 Å². The molecule has 0 aliphatic rings. The van der Waals surface area contributed by atoms with E-state index < -0.39 is 0 Å². The van der Waals surface area contributed by atoms with E-state index >= 15 is 0 Å². The zero-order chi connectivity index (χ0) is 14.2. The highest BCUT2D eigenvalue weighted by Crippen LogP contribution is 2.23. The topological polar surface area (TPSA) is 0 Å². The third kappa shape index (κ3) is 14.0. The van der Waals surface area contributed by atoms with Crippen LogP contribution in [0.5, 0.6) is 0 Å². The average molecular weight is 267 g/mol. The maximum absolute atomic E-state index is 3.84. The summed E-state index contributed by atoms with van der Waals surface area (Å²) in [5, 5.41) is 0. The third-order valence-electron chi connectivity index (χ3n) is 4.20. The summed E-state index contributed by atoms with van der Waals surface area (Å²) in [5.74, 6) is 0.998. The maximum atomic E-state index is 3.84. The van der Waals surface area contributed by atoms with Gasteiger partial charge in [0.2, 0.25) is 0 Å². The Hall–Kier alpha value is -0.260. The van der Waals surface area contributed by atoms with Gasteiger partial charge in [0.25, 0.3) is 0 Å². The van der Waals surface area contributed by atoms with E-state index in [1.54, 1.807) is 0 Å². The second-order valence-corrected chi connectivity index (χ2v) is 6.14. The van der Waals surface area contributed by atoms with Gasteiger partial charge in [-0.05, 0) is 18.8 Å². The molecule has 114 valence electrons. The van der Waals surface area contributed by atoms with Gasteiger partial charge in [0.15, 0.2) is 0 Å². The molecule has 0 rings (SSSR count). The van der Waals surface area contributed by atoms with Gasteiger partial charge < -0.3 is 0 Å². The number of hydrogen-bond donors (Lipinski definition) is 0. The molecular weight excluding hydrogens is 228 g/mol. The number of hydrogen-bond acceptors (Lipinski definition) is 0. The summed E-state index contributed by atoms with van der Waals surface area (Å²) in [6.07, 6.45) is 21.9. The van der Waals surface area contributed by atoms with Crippen LogP contribution in [0.2, 0.25) is 0 Å². The van der Waals surface area contributed by atoms with Gasteiger partial charge in [0, 0.05) is 0 Å². The molecule has 0 aliphatic carbocycles. The Morgan fingerprint density at radius 3 is 1.79 bits per heavy atom. The molecule has 0 N–H and O–H groups in total. The summed E-state index contributed by atoms with van der Waals surface area (Å²) in [5.41, 5.74) is 0. The molecule has 0 amide bonds. The Bertz CT molecular complexity index is 171. The zero-order valence-corrected chi connectivity index (χ0v) is 13.8. The first-order valence-corrected chi connectivity index (χ1v) is 8.96. The molecule has 1 atom stereocenters. The zero-order valence-electron chi connectivity index (χ0n) is 13.8. The molecule has 0 radical (unpaired) electrons. The summed E-state index contributed by atoms with van der Waals surface area (Å²) < 4.78 is 0. The van der Waals surface area contributed by atoms with Crippen molar-refractivity contribution < 1.29 is 0 Å². The van der Waals surface area contributed by atoms with Gasteiger partial charge in [-0.2, -0.15) is 0 Å². The molecule has 0 heterocycles. The Morgan fingerprint density at radius 2 is 1.16 bits per heavy atom. The van der Waals surface area contributed by atoms with Crippen molar-refractivity contribution in [1.82, 2.24) is 0 Å². The average Bonchev–Trinajstić information content (AvgIpc) is 2.42. The fourth-order valence-corrected chi connectivity index (χ4v) is 2.88. The fourth-order valence-electron chi connectivity index (χ4n) is 2.88. The monoisotopic (exact) mass is 266 g/mol. The van der Waals surface area contributed by atoms with Crippen LogP contribution in [0.1, 0.15) is 104 Å². The van der Waals surface area contributed by atoms with Crippen LogP contribution in [-0.2, 0) is 0 Å². The minimum absolute atomic E-state index is 0.998. The van der Waals surface area contributed by atoms with Gasteiger partial charge in [-0.1, -0.05) is 97.0 Å². The standard InChI is InChI=1S/C19H38/c1-4-7-10-11-12-15-18-19(16-13-8-5-2)17-14-9-6-3/h5,19H,2,4,6-18H2,1,3H3. The number of rotatable bonds is 15. The minimum atomic E-state index is 0.998. The highest BCUT2D eigenvalue weighted by molar-refractivity contribution is 4.68. The molecular formula is C19H38. The van der Waals surface area contributed by atoms with E-state index in [1.807, 2.05) is 0 Å². The Balaban J connectivity index is 3.61. The van der Waals surface area contributed by atoms with Crippen LogP contribution in [0.4, 0.5) is 0 Å². The summed E-state index contributed by atoms with van der Waals surface area (Å²) in [7, 11) is 0. The van der Waals surface area contributed by atoms with Gasteiger partial charge in [0.1, 0.15) is 0 Å². The van der Waals surface area contributed by atoms with E-state index in [2.05, 4.69) is 26.5 Å². The molecule has 0 aromatic carbocycles. The second kappa shape index (κ2) is 15.8. The smallest absolute Gasteiger partial charge is 0.0353 e. The maximum Gasteiger partial charge on any atom is -0.0353 e. The molecule has 0 saturated heterocycles. The van der Waals surface area contributed by atoms with Crippen molar-refractivity contribution in [2.24, 2.45) is 5.92 Å². The summed E-state index contributed by atoms with van der Waals surface area (Å²) in [6.45, 7) is 8.44. The van der Waals surface area contributed by atoms with Crippen LogP contribution < -0.4 is 0 Å². The normalized spacial score (nSPS) is 12.5. The Kier molecular flexibility index (Phi) is 15.6. The quantitative estimate of drug-likeness (QED) is 0.216. The molecule has 0 spiro atoms. The van der Waals surface area contributed by atoms with Crippen molar-refractivity contribution >= 4 is 0 Å². The number of allylic oxidation sites excluding steroid dienone is 1. The highest BCUT2D eigenvalue weighted by Gasteiger charge is 2.07. The molecule has 1 unspecified atom stereocenters. The van der Waals surface area contributed by atoms with Crippen LogP contribution in [0.3, 0.4) is 0 Å². The van der Waals surface area contributed by atoms with Gasteiger partial charge in [-0.15, -0.1) is 6.58 Å². The lowest BCUT2D eigenvalue weighted by Gasteiger charge is -2.16. The van der Waals surface area contributed by atoms with Crippen molar-refractivity contribution in [3.8, 4) is 0 Å². The van der Waals surface area contributed by atoms with Crippen LogP contribution in [-0.4, -0.2) is 0 Å². The third-order valence-corrected chi connectivity index (χ3v) is 4.20. The van der Waals surface area contributed by atoms with Crippen LogP contribution in [0.25, 0.3) is 0 Å². The van der Waals surface area contributed by atoms with E-state index in [1.165, 1.54) is 89.9 Å². The largest absolute Gasteiger partial charge is 0.103 e. The molecule has 0 heteroatoms. The van der Waals surface area contributed by atoms with Crippen molar-refractivity contribution in [2.45, 2.75) is 104 Å². The first-order valence-electron chi connectivity index (χ1n) is 8.96. The Morgan fingerprint density at radius 1 is 0.684 bits per heavy atom. The second-order valence-electron chi connectivity index (χ2n) is 6.14. The molecule has 0 aromatic heterocycles. The predicted octanol–water partition coefficient (Wildman–Crippen LogP) is 7.29.